The number of pyridine rings is 1. The maximum Gasteiger partial charge on any atom is 0.234 e. The lowest BCUT2D eigenvalue weighted by Gasteiger charge is -2.02. The highest BCUT2D eigenvalue weighted by atomic mass is 19.1. The number of nitrogens with zero attached hydrogens (tertiary/aromatic N) is 4. The van der Waals surface area contributed by atoms with E-state index in [2.05, 4.69) is 15.0 Å². The third-order valence-corrected chi connectivity index (χ3v) is 3.62. The highest BCUT2D eigenvalue weighted by Crippen LogP contribution is 2.19. The Morgan fingerprint density at radius 2 is 1.68 bits per heavy atom. The lowest BCUT2D eigenvalue weighted by Crippen LogP contribution is -1.95. The lowest BCUT2D eigenvalue weighted by atomic mass is 10.1. The number of hydrogen-bond donors (Lipinski definition) is 0. The molecule has 0 spiro atoms. The number of fused-ring (bicyclic) bond motifs is 1. The van der Waals surface area contributed by atoms with Gasteiger partial charge in [0.25, 0.3) is 0 Å². The molecule has 0 amide bonds. The minimum Gasteiger partial charge on any atom is -0.487 e. The first-order valence-corrected chi connectivity index (χ1v) is 7.51. The molecule has 7 heteroatoms. The minimum atomic E-state index is -0.527. The highest BCUT2D eigenvalue weighted by molar-refractivity contribution is 5.61. The Labute approximate surface area is 141 Å². The zero-order valence-corrected chi connectivity index (χ0v) is 12.9. The summed E-state index contributed by atoms with van der Waals surface area (Å²) in [6, 6.07) is 8.73. The zero-order chi connectivity index (χ0) is 17.2. The van der Waals surface area contributed by atoms with Gasteiger partial charge in [0.05, 0.1) is 5.69 Å². The van der Waals surface area contributed by atoms with Gasteiger partial charge in [0.1, 0.15) is 18.2 Å². The van der Waals surface area contributed by atoms with E-state index in [0.29, 0.717) is 17.2 Å². The molecule has 0 unspecified atom stereocenters. The van der Waals surface area contributed by atoms with E-state index in [4.69, 9.17) is 4.74 Å². The minimum absolute atomic E-state index is 0.239. The molecule has 4 rings (SSSR count). The summed E-state index contributed by atoms with van der Waals surface area (Å²) >= 11 is 0. The molecule has 5 nitrogen and oxygen atoms in total. The molecule has 0 radical (unpaired) electrons. The Balaban J connectivity index is 1.55. The van der Waals surface area contributed by atoms with Crippen LogP contribution in [0.2, 0.25) is 0 Å². The van der Waals surface area contributed by atoms with E-state index in [9.17, 15) is 8.78 Å². The molecule has 1 aromatic carbocycles. The van der Waals surface area contributed by atoms with E-state index in [1.165, 1.54) is 24.4 Å². The molecule has 0 atom stereocenters. The van der Waals surface area contributed by atoms with E-state index >= 15 is 0 Å². The summed E-state index contributed by atoms with van der Waals surface area (Å²) in [5, 5.41) is 0. The molecular weight excluding hydrogens is 326 g/mol. The van der Waals surface area contributed by atoms with Crippen LogP contribution in [-0.2, 0) is 6.61 Å². The number of ether oxygens (including phenoxy) is 1. The molecule has 0 N–H and O–H groups in total. The number of benzene rings is 1. The molecule has 0 aliphatic heterocycles. The van der Waals surface area contributed by atoms with Gasteiger partial charge in [0, 0.05) is 35.9 Å². The number of hydrogen-bond acceptors (Lipinski definition) is 4. The molecule has 0 saturated carbocycles. The van der Waals surface area contributed by atoms with E-state index < -0.39 is 5.95 Å². The number of rotatable bonds is 4. The summed E-state index contributed by atoms with van der Waals surface area (Å²) in [7, 11) is 0. The van der Waals surface area contributed by atoms with Crippen molar-refractivity contribution in [3.05, 3.63) is 78.6 Å². The van der Waals surface area contributed by atoms with Crippen molar-refractivity contribution < 1.29 is 13.5 Å². The van der Waals surface area contributed by atoms with Crippen molar-refractivity contribution in [2.24, 2.45) is 0 Å². The van der Waals surface area contributed by atoms with Crippen LogP contribution < -0.4 is 4.74 Å². The Morgan fingerprint density at radius 3 is 2.44 bits per heavy atom. The van der Waals surface area contributed by atoms with Crippen LogP contribution in [0.5, 0.6) is 5.75 Å². The average molecular weight is 338 g/mol. The second kappa shape index (κ2) is 6.27. The summed E-state index contributed by atoms with van der Waals surface area (Å²) in [4.78, 5) is 12.3. The molecule has 0 aliphatic rings. The monoisotopic (exact) mass is 338 g/mol. The largest absolute Gasteiger partial charge is 0.487 e. The Bertz CT molecular complexity index is 1010. The van der Waals surface area contributed by atoms with Gasteiger partial charge >= 0.3 is 0 Å². The summed E-state index contributed by atoms with van der Waals surface area (Å²) in [5.74, 6) is 0.244. The molecule has 4 aromatic rings. The first-order valence-electron chi connectivity index (χ1n) is 7.51. The molecule has 0 aliphatic carbocycles. The van der Waals surface area contributed by atoms with E-state index in [1.54, 1.807) is 35.0 Å². The third-order valence-electron chi connectivity index (χ3n) is 3.62. The fraction of sp³-hybridized carbons (Fsp3) is 0.0556. The molecule has 3 heterocycles. The molecule has 25 heavy (non-hydrogen) atoms. The Morgan fingerprint density at radius 1 is 0.880 bits per heavy atom. The van der Waals surface area contributed by atoms with Crippen molar-refractivity contribution in [3.63, 3.8) is 0 Å². The van der Waals surface area contributed by atoms with Crippen LogP contribution in [0.25, 0.3) is 16.9 Å². The SMILES string of the molecule is Fc1ccc(OCc2cn3cc(-c4ccc(F)nc4)cnc3n2)cc1. The van der Waals surface area contributed by atoms with Gasteiger partial charge in [-0.05, 0) is 36.4 Å². The van der Waals surface area contributed by atoms with Crippen LogP contribution in [0.4, 0.5) is 8.78 Å². The second-order valence-electron chi connectivity index (χ2n) is 5.39. The van der Waals surface area contributed by atoms with Gasteiger partial charge in [-0.2, -0.15) is 4.39 Å². The lowest BCUT2D eigenvalue weighted by molar-refractivity contribution is 0.301. The van der Waals surface area contributed by atoms with Gasteiger partial charge in [-0.1, -0.05) is 0 Å². The van der Waals surface area contributed by atoms with Crippen molar-refractivity contribution in [1.29, 1.82) is 0 Å². The summed E-state index contributed by atoms with van der Waals surface area (Å²) in [5.41, 5.74) is 2.24. The molecule has 0 fully saturated rings. The molecule has 0 saturated heterocycles. The summed E-state index contributed by atoms with van der Waals surface area (Å²) in [6.45, 7) is 0.239. The van der Waals surface area contributed by atoms with Crippen LogP contribution in [0, 0.1) is 11.8 Å². The predicted molar refractivity (Wildman–Crippen MR) is 86.9 cm³/mol. The maximum absolute atomic E-state index is 12.9. The second-order valence-corrected chi connectivity index (χ2v) is 5.39. The van der Waals surface area contributed by atoms with Crippen LogP contribution in [0.15, 0.2) is 61.2 Å². The van der Waals surface area contributed by atoms with Gasteiger partial charge in [-0.25, -0.2) is 19.3 Å². The van der Waals surface area contributed by atoms with E-state index in [-0.39, 0.29) is 12.4 Å². The van der Waals surface area contributed by atoms with Crippen molar-refractivity contribution >= 4 is 5.78 Å². The standard InChI is InChI=1S/C18H12F2N4O/c19-14-2-4-16(5-3-14)25-11-15-10-24-9-13(8-22-18(24)23-15)12-1-6-17(20)21-7-12/h1-10H,11H2. The summed E-state index contributed by atoms with van der Waals surface area (Å²) < 4.78 is 33.2. The van der Waals surface area contributed by atoms with Crippen molar-refractivity contribution in [2.45, 2.75) is 6.61 Å². The van der Waals surface area contributed by atoms with Gasteiger partial charge in [-0.3, -0.25) is 4.40 Å². The van der Waals surface area contributed by atoms with Crippen molar-refractivity contribution in [3.8, 4) is 16.9 Å². The molecule has 124 valence electrons. The fourth-order valence-electron chi connectivity index (χ4n) is 2.39. The van der Waals surface area contributed by atoms with Gasteiger partial charge in [-0.15, -0.1) is 0 Å². The quantitative estimate of drug-likeness (QED) is 0.533. The van der Waals surface area contributed by atoms with Gasteiger partial charge in [0.15, 0.2) is 0 Å². The average Bonchev–Trinajstić information content (AvgIpc) is 3.04. The van der Waals surface area contributed by atoms with Crippen LogP contribution in [-0.4, -0.2) is 19.4 Å². The highest BCUT2D eigenvalue weighted by Gasteiger charge is 2.07. The topological polar surface area (TPSA) is 52.3 Å². The Hall–Kier alpha value is -3.35. The van der Waals surface area contributed by atoms with E-state index in [0.717, 1.165) is 11.1 Å². The summed E-state index contributed by atoms with van der Waals surface area (Å²) in [6.07, 6.45) is 6.74. The van der Waals surface area contributed by atoms with Gasteiger partial charge < -0.3 is 4.74 Å². The smallest absolute Gasteiger partial charge is 0.234 e. The molecule has 3 aromatic heterocycles. The Kier molecular flexibility index (Phi) is 3.81. The maximum atomic E-state index is 12.9. The zero-order valence-electron chi connectivity index (χ0n) is 12.9. The third kappa shape index (κ3) is 3.30. The molecule has 0 bridgehead atoms. The van der Waals surface area contributed by atoms with Gasteiger partial charge in [0.2, 0.25) is 11.7 Å². The molecular formula is C18H12F2N4O. The number of aromatic nitrogens is 4. The first kappa shape index (κ1) is 15.2. The predicted octanol–water partition coefficient (Wildman–Crippen LogP) is 3.65. The number of halogens is 2. The van der Waals surface area contributed by atoms with Crippen LogP contribution >= 0.6 is 0 Å². The first-order chi connectivity index (χ1) is 12.2. The van der Waals surface area contributed by atoms with Crippen molar-refractivity contribution in [1.82, 2.24) is 19.4 Å². The van der Waals surface area contributed by atoms with Crippen molar-refractivity contribution in [2.75, 3.05) is 0 Å². The van der Waals surface area contributed by atoms with Crippen LogP contribution in [0.3, 0.4) is 0 Å². The normalized spacial score (nSPS) is 11.0. The van der Waals surface area contributed by atoms with E-state index in [1.807, 2.05) is 6.20 Å². The number of imidazole rings is 1. The van der Waals surface area contributed by atoms with Crippen LogP contribution in [0.1, 0.15) is 5.69 Å². The fourth-order valence-corrected chi connectivity index (χ4v) is 2.39.